The van der Waals surface area contributed by atoms with E-state index in [1.807, 2.05) is 41.3 Å². The van der Waals surface area contributed by atoms with Crippen molar-refractivity contribution in [2.75, 3.05) is 20.2 Å². The van der Waals surface area contributed by atoms with Gasteiger partial charge < -0.3 is 30.2 Å². The predicted molar refractivity (Wildman–Crippen MR) is 176 cm³/mol. The van der Waals surface area contributed by atoms with Crippen LogP contribution in [0.5, 0.6) is 5.88 Å². The molecule has 3 saturated heterocycles. The summed E-state index contributed by atoms with van der Waals surface area (Å²) in [5.41, 5.74) is 11.9. The molecule has 1 unspecified atom stereocenters. The summed E-state index contributed by atoms with van der Waals surface area (Å²) in [6, 6.07) is 9.90. The van der Waals surface area contributed by atoms with Crippen LogP contribution in [-0.4, -0.2) is 84.8 Å². The Morgan fingerprint density at radius 2 is 1.87 bits per heavy atom. The number of carbonyl (C=O) groups is 3. The third-order valence-corrected chi connectivity index (χ3v) is 10.8. The lowest BCUT2D eigenvalue weighted by Gasteiger charge is -2.37. The molecule has 7 heterocycles. The summed E-state index contributed by atoms with van der Waals surface area (Å²) < 4.78 is 10.1. The normalized spacial score (nSPS) is 23.0. The molecule has 0 aromatic carbocycles. The summed E-state index contributed by atoms with van der Waals surface area (Å²) in [6.07, 6.45) is 5.17. The maximum atomic E-state index is 13.8. The van der Waals surface area contributed by atoms with E-state index in [0.29, 0.717) is 36.1 Å². The summed E-state index contributed by atoms with van der Waals surface area (Å²) in [6.45, 7) is 7.24. The Labute approximate surface area is 273 Å². The van der Waals surface area contributed by atoms with Gasteiger partial charge in [0.1, 0.15) is 17.0 Å². The number of ether oxygens (including phenoxy) is 1. The summed E-state index contributed by atoms with van der Waals surface area (Å²) in [5.74, 6) is 0.873. The van der Waals surface area contributed by atoms with E-state index in [0.717, 1.165) is 59.6 Å². The molecule has 4 atom stereocenters. The number of methoxy groups -OCH3 is 1. The summed E-state index contributed by atoms with van der Waals surface area (Å²) in [4.78, 5) is 52.1. The molecule has 4 fully saturated rings. The van der Waals surface area contributed by atoms with Crippen molar-refractivity contribution in [3.8, 4) is 17.3 Å². The van der Waals surface area contributed by atoms with Crippen molar-refractivity contribution >= 4 is 34.4 Å². The average molecular weight is 639 g/mol. The number of pyridine rings is 2. The van der Waals surface area contributed by atoms with Crippen LogP contribution in [-0.2, 0) is 16.1 Å². The minimum Gasteiger partial charge on any atom is -0.482 e. The number of likely N-dealkylation sites (tertiary alicyclic amines) is 1. The Morgan fingerprint density at radius 3 is 2.53 bits per heavy atom. The standard InChI is InChI=1S/C35H42N8O4/c1-18(37-34(45)24-16-40(17-24)20(3)44)27-9-7-22-11-29(41(33(22)38-27)15-21-5-6-21)32-19(2)42-30(39-32)12-23(13-31(42)47-4)35(46)43-25-8-10-28(43)26(36)14-25/h7,9,11-13,18,21,24-26,28H,5-6,8,10,14-17,36H2,1-4H3,(H,37,45)/t18-,25+,26-,28?/m1/s1. The largest absolute Gasteiger partial charge is 0.482 e. The SMILES string of the molecule is COc1cc(C(=O)N2C3CC[C@H]2C[C@H]3N)cc2nc(-c3cc4ccc([C@@H](C)NC(=O)C5CN(C(C)=O)C5)nc4n3CC3CC3)c(C)n12. The van der Waals surface area contributed by atoms with Gasteiger partial charge in [0, 0.05) is 61.7 Å². The van der Waals surface area contributed by atoms with E-state index in [9.17, 15) is 14.4 Å². The lowest BCUT2D eigenvalue weighted by Crippen LogP contribution is -2.55. The number of rotatable bonds is 8. The highest BCUT2D eigenvalue weighted by molar-refractivity contribution is 5.97. The highest BCUT2D eigenvalue weighted by Gasteiger charge is 2.47. The molecule has 0 spiro atoms. The van der Waals surface area contributed by atoms with E-state index in [1.54, 1.807) is 12.0 Å². The molecule has 4 aromatic heterocycles. The second-order valence-corrected chi connectivity index (χ2v) is 14.0. The van der Waals surface area contributed by atoms with E-state index in [1.165, 1.54) is 19.8 Å². The van der Waals surface area contributed by atoms with Gasteiger partial charge in [-0.15, -0.1) is 0 Å². The number of nitrogens with two attached hydrogens (primary N) is 1. The zero-order valence-electron chi connectivity index (χ0n) is 27.4. The third kappa shape index (κ3) is 4.95. The highest BCUT2D eigenvalue weighted by Crippen LogP contribution is 2.40. The summed E-state index contributed by atoms with van der Waals surface area (Å²) in [7, 11) is 1.62. The smallest absolute Gasteiger partial charge is 0.254 e. The van der Waals surface area contributed by atoms with E-state index < -0.39 is 0 Å². The molecule has 0 radical (unpaired) electrons. The van der Waals surface area contributed by atoms with Gasteiger partial charge in [0.15, 0.2) is 5.88 Å². The zero-order chi connectivity index (χ0) is 32.7. The van der Waals surface area contributed by atoms with Gasteiger partial charge >= 0.3 is 0 Å². The zero-order valence-corrected chi connectivity index (χ0v) is 27.4. The molecule has 3 N–H and O–H groups in total. The number of nitrogens with zero attached hydrogens (tertiary/aromatic N) is 6. The Morgan fingerprint density at radius 1 is 1.09 bits per heavy atom. The lowest BCUT2D eigenvalue weighted by molar-refractivity contribution is -0.141. The fraction of sp³-hybridized carbons (Fsp3) is 0.514. The first-order valence-electron chi connectivity index (χ1n) is 16.8. The molecule has 1 saturated carbocycles. The van der Waals surface area contributed by atoms with Gasteiger partial charge in [0.05, 0.1) is 36.2 Å². The lowest BCUT2D eigenvalue weighted by atomic mass is 9.97. The van der Waals surface area contributed by atoms with Crippen molar-refractivity contribution < 1.29 is 19.1 Å². The fourth-order valence-electron chi connectivity index (χ4n) is 7.92. The number of amides is 3. The number of nitrogens with one attached hydrogen (secondary N) is 1. The first-order valence-corrected chi connectivity index (χ1v) is 16.8. The quantitative estimate of drug-likeness (QED) is 0.301. The number of imidazole rings is 1. The number of aromatic nitrogens is 4. The van der Waals surface area contributed by atoms with Crippen molar-refractivity contribution in [2.24, 2.45) is 17.6 Å². The van der Waals surface area contributed by atoms with Gasteiger partial charge in [0.25, 0.3) is 5.91 Å². The predicted octanol–water partition coefficient (Wildman–Crippen LogP) is 3.44. The van der Waals surface area contributed by atoms with Gasteiger partial charge in [-0.25, -0.2) is 9.97 Å². The van der Waals surface area contributed by atoms with Crippen LogP contribution in [0.1, 0.15) is 73.7 Å². The molecule has 12 nitrogen and oxygen atoms in total. The van der Waals surface area contributed by atoms with Crippen LogP contribution < -0.4 is 15.8 Å². The number of hydrogen-bond donors (Lipinski definition) is 2. The summed E-state index contributed by atoms with van der Waals surface area (Å²) >= 11 is 0. The van der Waals surface area contributed by atoms with Crippen molar-refractivity contribution in [1.82, 2.24) is 34.1 Å². The molecular formula is C35H42N8O4. The fourth-order valence-corrected chi connectivity index (χ4v) is 7.92. The molecule has 246 valence electrons. The van der Waals surface area contributed by atoms with E-state index in [2.05, 4.69) is 22.0 Å². The molecule has 2 bridgehead atoms. The molecule has 1 aliphatic carbocycles. The number of carbonyl (C=O) groups excluding carboxylic acids is 3. The van der Waals surface area contributed by atoms with Crippen LogP contribution in [0.15, 0.2) is 30.3 Å². The Bertz CT molecular complexity index is 1940. The third-order valence-electron chi connectivity index (χ3n) is 10.8. The maximum Gasteiger partial charge on any atom is 0.254 e. The molecule has 3 amide bonds. The van der Waals surface area contributed by atoms with Crippen LogP contribution in [0.2, 0.25) is 0 Å². The number of hydrogen-bond acceptors (Lipinski definition) is 7. The summed E-state index contributed by atoms with van der Waals surface area (Å²) in [5, 5.41) is 4.10. The van der Waals surface area contributed by atoms with E-state index in [-0.39, 0.29) is 47.8 Å². The minimum absolute atomic E-state index is 0.00587. The molecular weight excluding hydrogens is 596 g/mol. The number of fused-ring (bicyclic) bond motifs is 4. The monoisotopic (exact) mass is 638 g/mol. The Balaban J connectivity index is 1.14. The second kappa shape index (κ2) is 11.1. The first-order chi connectivity index (χ1) is 22.6. The van der Waals surface area contributed by atoms with Gasteiger partial charge in [-0.1, -0.05) is 0 Å². The topological polar surface area (TPSA) is 140 Å². The van der Waals surface area contributed by atoms with Crippen molar-refractivity contribution in [3.05, 3.63) is 47.3 Å². The van der Waals surface area contributed by atoms with Crippen molar-refractivity contribution in [1.29, 1.82) is 0 Å². The van der Waals surface area contributed by atoms with E-state index in [4.69, 9.17) is 20.4 Å². The van der Waals surface area contributed by atoms with Crippen LogP contribution in [0.3, 0.4) is 0 Å². The maximum absolute atomic E-state index is 13.8. The van der Waals surface area contributed by atoms with Crippen LogP contribution in [0, 0.1) is 18.8 Å². The van der Waals surface area contributed by atoms with Crippen LogP contribution in [0.25, 0.3) is 28.1 Å². The van der Waals surface area contributed by atoms with Gasteiger partial charge in [0.2, 0.25) is 11.8 Å². The Kier molecular flexibility index (Phi) is 7.05. The number of aryl methyl sites for hydroxylation is 1. The molecule has 4 aliphatic rings. The highest BCUT2D eigenvalue weighted by atomic mass is 16.5. The molecule has 4 aromatic rings. The molecule has 3 aliphatic heterocycles. The molecule has 8 rings (SSSR count). The van der Waals surface area contributed by atoms with E-state index >= 15 is 0 Å². The average Bonchev–Trinajstić information content (AvgIpc) is 3.34. The molecule has 12 heteroatoms. The van der Waals surface area contributed by atoms with Gasteiger partial charge in [-0.3, -0.25) is 18.8 Å². The first kappa shape index (κ1) is 29.9. The van der Waals surface area contributed by atoms with Crippen LogP contribution >= 0.6 is 0 Å². The minimum atomic E-state index is -0.288. The Hall–Kier alpha value is -4.45. The van der Waals surface area contributed by atoms with Crippen LogP contribution in [0.4, 0.5) is 0 Å². The van der Waals surface area contributed by atoms with Crippen molar-refractivity contribution in [2.45, 2.75) is 83.6 Å². The van der Waals surface area contributed by atoms with Crippen molar-refractivity contribution in [3.63, 3.8) is 0 Å². The second-order valence-electron chi connectivity index (χ2n) is 14.0. The van der Waals surface area contributed by atoms with Gasteiger partial charge in [-0.2, -0.15) is 0 Å². The van der Waals surface area contributed by atoms with Gasteiger partial charge in [-0.05, 0) is 76.1 Å². The molecule has 47 heavy (non-hydrogen) atoms.